The number of hydrogen-bond acceptors (Lipinski definition) is 4. The molecule has 42 heavy (non-hydrogen) atoms. The Morgan fingerprint density at radius 1 is 0.738 bits per heavy atom. The Labute approximate surface area is 257 Å². The van der Waals surface area contributed by atoms with Gasteiger partial charge in [0.25, 0.3) is 0 Å². The Balaban J connectivity index is 1.35. The number of carbonyl (C=O) groups excluding carboxylic acids is 2. The van der Waals surface area contributed by atoms with Gasteiger partial charge in [-0.2, -0.15) is 5.10 Å². The van der Waals surface area contributed by atoms with E-state index in [9.17, 15) is 9.59 Å². The molecule has 0 unspecified atom stereocenters. The third-order valence-electron chi connectivity index (χ3n) is 7.60. The molecule has 0 saturated heterocycles. The van der Waals surface area contributed by atoms with Crippen LogP contribution in [0.15, 0.2) is 65.8 Å². The first kappa shape index (κ1) is 33.3. The molecule has 3 rings (SSSR count). The summed E-state index contributed by atoms with van der Waals surface area (Å²) in [5, 5.41) is 6.60. The number of carbonyl (C=O) groups is 2. The van der Waals surface area contributed by atoms with Gasteiger partial charge in [-0.1, -0.05) is 139 Å². The molecule has 5 nitrogen and oxygen atoms in total. The second-order valence-corrected chi connectivity index (χ2v) is 11.5. The van der Waals surface area contributed by atoms with Crippen LogP contribution >= 0.6 is 11.6 Å². The van der Waals surface area contributed by atoms with Crippen molar-refractivity contribution in [1.82, 2.24) is 5.43 Å². The van der Waals surface area contributed by atoms with Gasteiger partial charge in [0.1, 0.15) is 5.75 Å². The highest BCUT2D eigenvalue weighted by atomic mass is 35.5. The first-order chi connectivity index (χ1) is 20.6. The highest BCUT2D eigenvalue weighted by molar-refractivity contribution is 6.30. The second kappa shape index (κ2) is 19.9. The average Bonchev–Trinajstić information content (AvgIpc) is 3.00. The van der Waals surface area contributed by atoms with E-state index < -0.39 is 5.97 Å². The number of benzene rings is 3. The van der Waals surface area contributed by atoms with E-state index in [1.54, 1.807) is 36.5 Å². The van der Waals surface area contributed by atoms with Crippen molar-refractivity contribution in [1.29, 1.82) is 0 Å². The van der Waals surface area contributed by atoms with Crippen LogP contribution in [0.5, 0.6) is 5.75 Å². The van der Waals surface area contributed by atoms with Crippen molar-refractivity contribution in [3.8, 4) is 5.75 Å². The molecule has 0 heterocycles. The number of fused-ring (bicyclic) bond motifs is 1. The molecule has 0 aliphatic heterocycles. The Hall–Kier alpha value is -3.18. The zero-order valence-electron chi connectivity index (χ0n) is 25.2. The zero-order valence-corrected chi connectivity index (χ0v) is 26.0. The van der Waals surface area contributed by atoms with Gasteiger partial charge in [-0.05, 0) is 47.5 Å². The van der Waals surface area contributed by atoms with Crippen LogP contribution in [0.2, 0.25) is 5.02 Å². The summed E-state index contributed by atoms with van der Waals surface area (Å²) in [7, 11) is 0. The highest BCUT2D eigenvalue weighted by Crippen LogP contribution is 2.27. The van der Waals surface area contributed by atoms with Crippen molar-refractivity contribution in [2.24, 2.45) is 5.10 Å². The number of nitrogens with one attached hydrogen (secondary N) is 1. The van der Waals surface area contributed by atoms with Gasteiger partial charge in [-0.3, -0.25) is 4.79 Å². The standard InChI is InChI=1S/C36H47ClN2O3/c1-2-3-4-5-6-7-8-9-10-11-12-13-14-15-16-21-35(40)39-38-28-33-32-20-18-17-19-29(32)24-27-34(33)42-36(41)30-22-25-31(37)26-23-30/h17-20,22-28H,2-16,21H2,1H3,(H,39,40). The van der Waals surface area contributed by atoms with Gasteiger partial charge in [0.05, 0.1) is 11.8 Å². The van der Waals surface area contributed by atoms with Crippen molar-refractivity contribution < 1.29 is 14.3 Å². The van der Waals surface area contributed by atoms with Crippen LogP contribution in [0.4, 0.5) is 0 Å². The fourth-order valence-corrected chi connectivity index (χ4v) is 5.25. The van der Waals surface area contributed by atoms with Crippen LogP contribution in [0, 0.1) is 0 Å². The van der Waals surface area contributed by atoms with Gasteiger partial charge in [-0.25, -0.2) is 10.2 Å². The minimum Gasteiger partial charge on any atom is -0.422 e. The van der Waals surface area contributed by atoms with Gasteiger partial charge in [0.2, 0.25) is 5.91 Å². The summed E-state index contributed by atoms with van der Waals surface area (Å²) in [6.45, 7) is 2.27. The van der Waals surface area contributed by atoms with E-state index in [1.165, 1.54) is 83.5 Å². The van der Waals surface area contributed by atoms with Gasteiger partial charge >= 0.3 is 5.97 Å². The summed E-state index contributed by atoms with van der Waals surface area (Å²) in [5.41, 5.74) is 3.66. The molecule has 0 bridgehead atoms. The smallest absolute Gasteiger partial charge is 0.343 e. The molecule has 3 aromatic rings. The molecule has 1 amide bonds. The Kier molecular flexibility index (Phi) is 15.8. The predicted octanol–water partition coefficient (Wildman–Crippen LogP) is 10.4. The van der Waals surface area contributed by atoms with E-state index >= 15 is 0 Å². The molecule has 226 valence electrons. The van der Waals surface area contributed by atoms with E-state index in [2.05, 4.69) is 17.5 Å². The largest absolute Gasteiger partial charge is 0.422 e. The first-order valence-electron chi connectivity index (χ1n) is 15.9. The van der Waals surface area contributed by atoms with Gasteiger partial charge in [-0.15, -0.1) is 0 Å². The van der Waals surface area contributed by atoms with E-state index in [1.807, 2.05) is 30.3 Å². The number of amides is 1. The Bertz CT molecular complexity index is 1260. The maximum Gasteiger partial charge on any atom is 0.343 e. The minimum atomic E-state index is -0.492. The summed E-state index contributed by atoms with van der Waals surface area (Å²) in [6.07, 6.45) is 21.4. The summed E-state index contributed by atoms with van der Waals surface area (Å²) in [6, 6.07) is 18.0. The first-order valence-corrected chi connectivity index (χ1v) is 16.3. The third kappa shape index (κ3) is 12.4. The number of hydrogen-bond donors (Lipinski definition) is 1. The fourth-order valence-electron chi connectivity index (χ4n) is 5.12. The molecule has 3 aromatic carbocycles. The van der Waals surface area contributed by atoms with Gasteiger partial charge in [0, 0.05) is 17.0 Å². The Morgan fingerprint density at radius 3 is 1.93 bits per heavy atom. The molecule has 1 N–H and O–H groups in total. The number of hydrazone groups is 1. The number of unbranched alkanes of at least 4 members (excludes halogenated alkanes) is 14. The van der Waals surface area contributed by atoms with Crippen molar-refractivity contribution >= 4 is 40.5 Å². The van der Waals surface area contributed by atoms with E-state index in [-0.39, 0.29) is 5.91 Å². The van der Waals surface area contributed by atoms with Crippen LogP contribution in [0.25, 0.3) is 10.8 Å². The average molecular weight is 591 g/mol. The van der Waals surface area contributed by atoms with Gasteiger partial charge < -0.3 is 4.74 Å². The molecule has 6 heteroatoms. The van der Waals surface area contributed by atoms with Gasteiger partial charge in [0.15, 0.2) is 0 Å². The molecule has 0 radical (unpaired) electrons. The van der Waals surface area contributed by atoms with Crippen LogP contribution in [0.1, 0.15) is 126 Å². The van der Waals surface area contributed by atoms with Crippen LogP contribution in [-0.4, -0.2) is 18.1 Å². The lowest BCUT2D eigenvalue weighted by Gasteiger charge is -2.10. The summed E-state index contributed by atoms with van der Waals surface area (Å²) in [5.74, 6) is -0.233. The quantitative estimate of drug-likeness (QED) is 0.0468. The predicted molar refractivity (Wildman–Crippen MR) is 176 cm³/mol. The monoisotopic (exact) mass is 590 g/mol. The van der Waals surface area contributed by atoms with Crippen molar-refractivity contribution in [2.45, 2.75) is 110 Å². The molecular weight excluding hydrogens is 544 g/mol. The van der Waals surface area contributed by atoms with E-state index in [0.29, 0.717) is 28.3 Å². The van der Waals surface area contributed by atoms with Crippen LogP contribution in [-0.2, 0) is 4.79 Å². The van der Waals surface area contributed by atoms with E-state index in [0.717, 1.165) is 23.6 Å². The maximum absolute atomic E-state index is 12.7. The number of esters is 1. The normalized spacial score (nSPS) is 11.3. The lowest BCUT2D eigenvalue weighted by Crippen LogP contribution is -2.17. The zero-order chi connectivity index (χ0) is 29.8. The second-order valence-electron chi connectivity index (χ2n) is 11.1. The summed E-state index contributed by atoms with van der Waals surface area (Å²) in [4.78, 5) is 25.1. The molecule has 0 aromatic heterocycles. The van der Waals surface area contributed by atoms with Crippen molar-refractivity contribution in [3.05, 3.63) is 76.8 Å². The van der Waals surface area contributed by atoms with E-state index in [4.69, 9.17) is 16.3 Å². The number of rotatable bonds is 20. The lowest BCUT2D eigenvalue weighted by atomic mass is 10.0. The number of nitrogens with zero attached hydrogens (tertiary/aromatic N) is 1. The number of ether oxygens (including phenoxy) is 1. The molecular formula is C36H47ClN2O3. The third-order valence-corrected chi connectivity index (χ3v) is 7.86. The number of halogens is 1. The summed E-state index contributed by atoms with van der Waals surface area (Å²) >= 11 is 5.94. The van der Waals surface area contributed by atoms with Crippen LogP contribution < -0.4 is 10.2 Å². The fraction of sp³-hybridized carbons (Fsp3) is 0.472. The molecule has 0 saturated carbocycles. The summed E-state index contributed by atoms with van der Waals surface area (Å²) < 4.78 is 5.71. The topological polar surface area (TPSA) is 67.8 Å². The molecule has 0 aliphatic rings. The molecule has 0 spiro atoms. The lowest BCUT2D eigenvalue weighted by molar-refractivity contribution is -0.121. The SMILES string of the molecule is CCCCCCCCCCCCCCCCCC(=O)NN=Cc1c(OC(=O)c2ccc(Cl)cc2)ccc2ccccc12. The molecule has 0 atom stereocenters. The molecule has 0 fully saturated rings. The minimum absolute atomic E-state index is 0.110. The van der Waals surface area contributed by atoms with Crippen molar-refractivity contribution in [2.75, 3.05) is 0 Å². The highest BCUT2D eigenvalue weighted by Gasteiger charge is 2.14. The molecule has 0 aliphatic carbocycles. The maximum atomic E-state index is 12.7. The Morgan fingerprint density at radius 2 is 1.31 bits per heavy atom. The van der Waals surface area contributed by atoms with Crippen molar-refractivity contribution in [3.63, 3.8) is 0 Å². The van der Waals surface area contributed by atoms with Crippen LogP contribution in [0.3, 0.4) is 0 Å².